The molecule has 0 spiro atoms. The van der Waals surface area contributed by atoms with Crippen molar-refractivity contribution in [2.75, 3.05) is 18.0 Å². The molecule has 5 heteroatoms. The summed E-state index contributed by atoms with van der Waals surface area (Å²) < 4.78 is 0. The lowest BCUT2D eigenvalue weighted by Gasteiger charge is -2.16. The molecule has 1 rings (SSSR count). The SMILES string of the molecule is CC(=O)c1ccc(N(CC#N)CC#N)nc1. The van der Waals surface area contributed by atoms with Gasteiger partial charge in [0.15, 0.2) is 5.78 Å². The molecule has 0 aliphatic heterocycles. The lowest BCUT2D eigenvalue weighted by molar-refractivity contribution is 0.101. The van der Waals surface area contributed by atoms with Crippen molar-refractivity contribution >= 4 is 11.6 Å². The van der Waals surface area contributed by atoms with Gasteiger partial charge >= 0.3 is 0 Å². The van der Waals surface area contributed by atoms with Gasteiger partial charge in [0.1, 0.15) is 18.9 Å². The summed E-state index contributed by atoms with van der Waals surface area (Å²) in [4.78, 5) is 16.6. The Labute approximate surface area is 93.5 Å². The van der Waals surface area contributed by atoms with E-state index in [0.717, 1.165) is 0 Å². The number of hydrogen-bond acceptors (Lipinski definition) is 5. The first-order valence-electron chi connectivity index (χ1n) is 4.65. The molecule has 0 bridgehead atoms. The highest BCUT2D eigenvalue weighted by Crippen LogP contribution is 2.10. The van der Waals surface area contributed by atoms with E-state index >= 15 is 0 Å². The van der Waals surface area contributed by atoms with Gasteiger partial charge < -0.3 is 4.90 Å². The molecule has 1 aromatic rings. The summed E-state index contributed by atoms with van der Waals surface area (Å²) in [5.74, 6) is 0.458. The van der Waals surface area contributed by atoms with Gasteiger partial charge in [0, 0.05) is 11.8 Å². The number of rotatable bonds is 4. The molecule has 16 heavy (non-hydrogen) atoms. The monoisotopic (exact) mass is 214 g/mol. The molecule has 0 unspecified atom stereocenters. The van der Waals surface area contributed by atoms with Gasteiger partial charge in [-0.3, -0.25) is 4.79 Å². The highest BCUT2D eigenvalue weighted by molar-refractivity contribution is 5.93. The van der Waals surface area contributed by atoms with Crippen molar-refractivity contribution in [2.45, 2.75) is 6.92 Å². The van der Waals surface area contributed by atoms with Crippen LogP contribution in [0.15, 0.2) is 18.3 Å². The molecule has 0 radical (unpaired) electrons. The standard InChI is InChI=1S/C11H10N4O/c1-9(16)10-2-3-11(14-8-10)15(6-4-12)7-5-13/h2-3,8H,6-7H2,1H3. The number of anilines is 1. The fourth-order valence-electron chi connectivity index (χ4n) is 1.17. The maximum atomic E-state index is 11.0. The van der Waals surface area contributed by atoms with Gasteiger partial charge in [-0.2, -0.15) is 10.5 Å². The minimum atomic E-state index is -0.0637. The summed E-state index contributed by atoms with van der Waals surface area (Å²) in [6.45, 7) is 1.65. The summed E-state index contributed by atoms with van der Waals surface area (Å²) in [6.07, 6.45) is 1.44. The second-order valence-corrected chi connectivity index (χ2v) is 3.13. The first-order valence-corrected chi connectivity index (χ1v) is 4.65. The van der Waals surface area contributed by atoms with Gasteiger partial charge in [-0.05, 0) is 19.1 Å². The van der Waals surface area contributed by atoms with Gasteiger partial charge in [0.2, 0.25) is 0 Å². The molecule has 0 N–H and O–H groups in total. The average Bonchev–Trinajstić information content (AvgIpc) is 2.29. The second-order valence-electron chi connectivity index (χ2n) is 3.13. The zero-order chi connectivity index (χ0) is 12.0. The number of nitriles is 2. The van der Waals surface area contributed by atoms with Gasteiger partial charge in [-0.15, -0.1) is 0 Å². The normalized spacial score (nSPS) is 8.94. The Morgan fingerprint density at radius 3 is 2.38 bits per heavy atom. The van der Waals surface area contributed by atoms with Crippen molar-refractivity contribution in [1.29, 1.82) is 10.5 Å². The molecule has 0 atom stereocenters. The van der Waals surface area contributed by atoms with E-state index in [1.54, 1.807) is 12.1 Å². The average molecular weight is 214 g/mol. The molecule has 0 aliphatic rings. The van der Waals surface area contributed by atoms with Crippen LogP contribution in [0.3, 0.4) is 0 Å². The fraction of sp³-hybridized carbons (Fsp3) is 0.273. The predicted octanol–water partition coefficient (Wildman–Crippen LogP) is 1.14. The number of carbonyl (C=O) groups is 1. The Morgan fingerprint density at radius 1 is 1.38 bits per heavy atom. The molecule has 0 aromatic carbocycles. The molecule has 0 saturated carbocycles. The van der Waals surface area contributed by atoms with Crippen LogP contribution in [0, 0.1) is 22.7 Å². The van der Waals surface area contributed by atoms with Crippen LogP contribution in [-0.2, 0) is 0 Å². The predicted molar refractivity (Wildman–Crippen MR) is 57.7 cm³/mol. The summed E-state index contributed by atoms with van der Waals surface area (Å²) in [6, 6.07) is 7.17. The minimum Gasteiger partial charge on any atom is -0.330 e. The van der Waals surface area contributed by atoms with E-state index in [1.165, 1.54) is 18.0 Å². The number of nitrogens with zero attached hydrogens (tertiary/aromatic N) is 4. The number of carbonyl (C=O) groups excluding carboxylic acids is 1. The molecule has 1 heterocycles. The zero-order valence-corrected chi connectivity index (χ0v) is 8.84. The molecular formula is C11H10N4O. The first-order chi connectivity index (χ1) is 7.69. The van der Waals surface area contributed by atoms with E-state index in [-0.39, 0.29) is 18.9 Å². The smallest absolute Gasteiger partial charge is 0.161 e. The van der Waals surface area contributed by atoms with Crippen molar-refractivity contribution in [1.82, 2.24) is 4.98 Å². The van der Waals surface area contributed by atoms with Crippen LogP contribution in [0.4, 0.5) is 5.82 Å². The number of ketones is 1. The maximum absolute atomic E-state index is 11.0. The Bertz CT molecular complexity index is 436. The summed E-state index contributed by atoms with van der Waals surface area (Å²) >= 11 is 0. The second kappa shape index (κ2) is 5.47. The minimum absolute atomic E-state index is 0.0637. The topological polar surface area (TPSA) is 80.8 Å². The van der Waals surface area contributed by atoms with E-state index in [4.69, 9.17) is 10.5 Å². The molecule has 0 saturated heterocycles. The Morgan fingerprint density at radius 2 is 2.00 bits per heavy atom. The van der Waals surface area contributed by atoms with E-state index < -0.39 is 0 Å². The van der Waals surface area contributed by atoms with Gasteiger partial charge in [-0.25, -0.2) is 4.98 Å². The Balaban J connectivity index is 2.91. The largest absolute Gasteiger partial charge is 0.330 e. The molecule has 80 valence electrons. The molecule has 1 aromatic heterocycles. The third kappa shape index (κ3) is 2.79. The summed E-state index contributed by atoms with van der Waals surface area (Å²) in [7, 11) is 0. The van der Waals surface area contributed by atoms with E-state index in [2.05, 4.69) is 4.98 Å². The summed E-state index contributed by atoms with van der Waals surface area (Å²) in [5.41, 5.74) is 0.512. The van der Waals surface area contributed by atoms with Crippen molar-refractivity contribution in [2.24, 2.45) is 0 Å². The third-order valence-electron chi connectivity index (χ3n) is 2.00. The highest BCUT2D eigenvalue weighted by Gasteiger charge is 2.07. The molecule has 0 amide bonds. The van der Waals surface area contributed by atoms with Crippen molar-refractivity contribution in [3.8, 4) is 12.1 Å². The molecule has 0 aliphatic carbocycles. The number of hydrogen-bond donors (Lipinski definition) is 0. The van der Waals surface area contributed by atoms with Crippen LogP contribution in [0.2, 0.25) is 0 Å². The van der Waals surface area contributed by atoms with Gasteiger partial charge in [0.25, 0.3) is 0 Å². The maximum Gasteiger partial charge on any atom is 0.161 e. The third-order valence-corrected chi connectivity index (χ3v) is 2.00. The molecular weight excluding hydrogens is 204 g/mol. The quantitative estimate of drug-likeness (QED) is 0.554. The Hall–Kier alpha value is -2.40. The van der Waals surface area contributed by atoms with E-state index in [0.29, 0.717) is 11.4 Å². The fourth-order valence-corrected chi connectivity index (χ4v) is 1.17. The van der Waals surface area contributed by atoms with Crippen LogP contribution < -0.4 is 4.90 Å². The van der Waals surface area contributed by atoms with Crippen molar-refractivity contribution in [3.05, 3.63) is 23.9 Å². The molecule has 5 nitrogen and oxygen atoms in total. The molecule has 0 fully saturated rings. The highest BCUT2D eigenvalue weighted by atomic mass is 16.1. The van der Waals surface area contributed by atoms with Crippen LogP contribution >= 0.6 is 0 Å². The van der Waals surface area contributed by atoms with Crippen LogP contribution in [0.1, 0.15) is 17.3 Å². The van der Waals surface area contributed by atoms with Gasteiger partial charge in [-0.1, -0.05) is 0 Å². The first kappa shape index (κ1) is 11.7. The number of aromatic nitrogens is 1. The van der Waals surface area contributed by atoms with Crippen molar-refractivity contribution in [3.63, 3.8) is 0 Å². The van der Waals surface area contributed by atoms with Crippen LogP contribution in [0.25, 0.3) is 0 Å². The lowest BCUT2D eigenvalue weighted by Crippen LogP contribution is -2.24. The van der Waals surface area contributed by atoms with Gasteiger partial charge in [0.05, 0.1) is 12.1 Å². The Kier molecular flexibility index (Phi) is 3.99. The van der Waals surface area contributed by atoms with E-state index in [9.17, 15) is 4.79 Å². The number of pyridine rings is 1. The van der Waals surface area contributed by atoms with Crippen molar-refractivity contribution < 1.29 is 4.79 Å². The lowest BCUT2D eigenvalue weighted by atomic mass is 10.2. The zero-order valence-electron chi connectivity index (χ0n) is 8.84. The van der Waals surface area contributed by atoms with Crippen LogP contribution in [-0.4, -0.2) is 23.9 Å². The van der Waals surface area contributed by atoms with Crippen LogP contribution in [0.5, 0.6) is 0 Å². The summed E-state index contributed by atoms with van der Waals surface area (Å²) in [5, 5.41) is 17.2. The van der Waals surface area contributed by atoms with E-state index in [1.807, 2.05) is 12.1 Å². The number of Topliss-reactive ketones (excluding diaryl/α,β-unsaturated/α-hetero) is 1.